The Morgan fingerprint density at radius 3 is 2.78 bits per heavy atom. The Labute approximate surface area is 119 Å². The van der Waals surface area contributed by atoms with E-state index in [1.54, 1.807) is 12.3 Å². The van der Waals surface area contributed by atoms with Crippen LogP contribution in [0.25, 0.3) is 0 Å². The molecule has 0 unspecified atom stereocenters. The number of hydrogen-bond acceptors (Lipinski definition) is 1. The van der Waals surface area contributed by atoms with Crippen molar-refractivity contribution in [3.63, 3.8) is 0 Å². The lowest BCUT2D eigenvalue weighted by Crippen LogP contribution is -2.30. The van der Waals surface area contributed by atoms with Crippen LogP contribution in [0, 0.1) is 9.39 Å². The first kappa shape index (κ1) is 13.0. The minimum absolute atomic E-state index is 0.220. The Morgan fingerprint density at radius 2 is 2.06 bits per heavy atom. The third-order valence-corrected chi connectivity index (χ3v) is 3.24. The van der Waals surface area contributed by atoms with Crippen molar-refractivity contribution in [2.75, 3.05) is 5.32 Å². The fourth-order valence-electron chi connectivity index (χ4n) is 1.68. The SMILES string of the molecule is [NH2+]=Cc1cc(I)ccc1NCc1cccc(F)c1. The van der Waals surface area contributed by atoms with Gasteiger partial charge in [-0.2, -0.15) is 0 Å². The zero-order chi connectivity index (χ0) is 13.0. The molecule has 3 N–H and O–H groups in total. The molecule has 18 heavy (non-hydrogen) atoms. The molecule has 0 radical (unpaired) electrons. The van der Waals surface area contributed by atoms with Gasteiger partial charge in [0.15, 0.2) is 6.21 Å². The average molecular weight is 355 g/mol. The van der Waals surface area contributed by atoms with Crippen molar-refractivity contribution in [3.05, 3.63) is 63.0 Å². The second-order valence-electron chi connectivity index (χ2n) is 3.88. The first-order valence-corrected chi connectivity index (χ1v) is 6.60. The van der Waals surface area contributed by atoms with Crippen LogP contribution in [0.3, 0.4) is 0 Å². The summed E-state index contributed by atoms with van der Waals surface area (Å²) in [5.41, 5.74) is 2.79. The molecule has 0 heterocycles. The summed E-state index contributed by atoms with van der Waals surface area (Å²) in [6.45, 7) is 0.569. The summed E-state index contributed by atoms with van der Waals surface area (Å²) >= 11 is 2.24. The van der Waals surface area contributed by atoms with Gasteiger partial charge in [0, 0.05) is 15.8 Å². The van der Waals surface area contributed by atoms with Crippen molar-refractivity contribution in [2.24, 2.45) is 0 Å². The monoisotopic (exact) mass is 355 g/mol. The minimum atomic E-state index is -0.220. The van der Waals surface area contributed by atoms with E-state index in [9.17, 15) is 4.39 Å². The van der Waals surface area contributed by atoms with E-state index in [1.165, 1.54) is 12.1 Å². The second-order valence-corrected chi connectivity index (χ2v) is 5.13. The fourth-order valence-corrected chi connectivity index (χ4v) is 2.19. The molecule has 2 aromatic carbocycles. The van der Waals surface area contributed by atoms with Crippen molar-refractivity contribution >= 4 is 34.5 Å². The second kappa shape index (κ2) is 5.95. The summed E-state index contributed by atoms with van der Waals surface area (Å²) in [6, 6.07) is 12.5. The van der Waals surface area contributed by atoms with Crippen LogP contribution in [0.1, 0.15) is 11.1 Å². The molecule has 0 saturated carbocycles. The Morgan fingerprint density at radius 1 is 1.22 bits per heavy atom. The maximum Gasteiger partial charge on any atom is 0.169 e. The van der Waals surface area contributed by atoms with Crippen molar-refractivity contribution in [2.45, 2.75) is 6.54 Å². The van der Waals surface area contributed by atoms with Gasteiger partial charge in [-0.3, -0.25) is 5.41 Å². The van der Waals surface area contributed by atoms with Crippen molar-refractivity contribution in [1.29, 1.82) is 0 Å². The van der Waals surface area contributed by atoms with Gasteiger partial charge in [0.05, 0.1) is 5.56 Å². The van der Waals surface area contributed by atoms with Crippen LogP contribution in [0.4, 0.5) is 10.1 Å². The van der Waals surface area contributed by atoms with Crippen LogP contribution < -0.4 is 10.7 Å². The normalized spacial score (nSPS) is 10.1. The molecule has 0 aliphatic rings. The summed E-state index contributed by atoms with van der Waals surface area (Å²) in [5.74, 6) is -0.220. The van der Waals surface area contributed by atoms with E-state index in [0.29, 0.717) is 6.54 Å². The van der Waals surface area contributed by atoms with Gasteiger partial charge in [-0.25, -0.2) is 4.39 Å². The highest BCUT2D eigenvalue weighted by Gasteiger charge is 2.03. The first-order valence-electron chi connectivity index (χ1n) is 5.52. The summed E-state index contributed by atoms with van der Waals surface area (Å²) in [5, 5.41) is 8.84. The van der Waals surface area contributed by atoms with E-state index < -0.39 is 0 Å². The zero-order valence-electron chi connectivity index (χ0n) is 9.66. The van der Waals surface area contributed by atoms with Crippen LogP contribution in [0.5, 0.6) is 0 Å². The number of rotatable bonds is 4. The standard InChI is InChI=1S/C14H12FIN2/c15-12-3-1-2-10(6-12)9-18-14-5-4-13(16)7-11(14)8-17/h1-8,17-18H,9H2/p+1. The molecule has 2 aromatic rings. The van der Waals surface area contributed by atoms with Crippen LogP contribution >= 0.6 is 22.6 Å². The lowest BCUT2D eigenvalue weighted by molar-refractivity contribution is -0.104. The smallest absolute Gasteiger partial charge is 0.169 e. The predicted octanol–water partition coefficient (Wildman–Crippen LogP) is 2.22. The van der Waals surface area contributed by atoms with Crippen molar-refractivity contribution in [3.8, 4) is 0 Å². The lowest BCUT2D eigenvalue weighted by atomic mass is 10.1. The summed E-state index contributed by atoms with van der Waals surface area (Å²) in [6.07, 6.45) is 1.57. The molecule has 0 spiro atoms. The molecule has 0 bridgehead atoms. The average Bonchev–Trinajstić information content (AvgIpc) is 2.37. The van der Waals surface area contributed by atoms with Crippen LogP contribution in [0.2, 0.25) is 0 Å². The summed E-state index contributed by atoms with van der Waals surface area (Å²) in [7, 11) is 0. The van der Waals surface area contributed by atoms with E-state index in [4.69, 9.17) is 5.41 Å². The predicted molar refractivity (Wildman–Crippen MR) is 80.0 cm³/mol. The Balaban J connectivity index is 2.13. The molecule has 0 aliphatic heterocycles. The highest BCUT2D eigenvalue weighted by Crippen LogP contribution is 2.17. The topological polar surface area (TPSA) is 37.6 Å². The number of nitrogens with two attached hydrogens (primary N) is 1. The fraction of sp³-hybridized carbons (Fsp3) is 0.0714. The number of halogens is 2. The van der Waals surface area contributed by atoms with Gasteiger partial charge >= 0.3 is 0 Å². The molecule has 2 nitrogen and oxygen atoms in total. The first-order chi connectivity index (χ1) is 8.69. The Bertz CT molecular complexity index is 569. The van der Waals surface area contributed by atoms with Crippen molar-refractivity contribution in [1.82, 2.24) is 0 Å². The molecule has 92 valence electrons. The van der Waals surface area contributed by atoms with E-state index in [1.807, 2.05) is 24.3 Å². The number of hydrogen-bond donors (Lipinski definition) is 2. The van der Waals surface area contributed by atoms with E-state index >= 15 is 0 Å². The van der Waals surface area contributed by atoms with E-state index in [-0.39, 0.29) is 5.82 Å². The molecular formula is C14H13FIN2+. The number of anilines is 1. The van der Waals surface area contributed by atoms with Gasteiger partial charge in [0.1, 0.15) is 5.82 Å². The van der Waals surface area contributed by atoms with Gasteiger partial charge in [-0.1, -0.05) is 12.1 Å². The Kier molecular flexibility index (Phi) is 4.30. The number of benzene rings is 2. The van der Waals surface area contributed by atoms with Gasteiger partial charge in [-0.15, -0.1) is 0 Å². The highest BCUT2D eigenvalue weighted by molar-refractivity contribution is 14.1. The molecule has 2 rings (SSSR count). The maximum absolute atomic E-state index is 13.0. The third-order valence-electron chi connectivity index (χ3n) is 2.57. The highest BCUT2D eigenvalue weighted by atomic mass is 127. The molecule has 4 heteroatoms. The molecule has 0 atom stereocenters. The molecule has 0 aromatic heterocycles. The quantitative estimate of drug-likeness (QED) is 0.641. The van der Waals surface area contributed by atoms with Crippen LogP contribution in [-0.4, -0.2) is 6.21 Å². The summed E-state index contributed by atoms with van der Waals surface area (Å²) < 4.78 is 14.2. The largest absolute Gasteiger partial charge is 0.380 e. The van der Waals surface area contributed by atoms with Crippen LogP contribution in [-0.2, 0) is 6.54 Å². The molecule has 0 amide bonds. The zero-order valence-corrected chi connectivity index (χ0v) is 11.8. The van der Waals surface area contributed by atoms with Gasteiger partial charge in [0.2, 0.25) is 0 Å². The van der Waals surface area contributed by atoms with Crippen molar-refractivity contribution < 1.29 is 9.80 Å². The molecular weight excluding hydrogens is 342 g/mol. The van der Waals surface area contributed by atoms with E-state index in [0.717, 1.165) is 20.4 Å². The molecule has 0 fully saturated rings. The minimum Gasteiger partial charge on any atom is -0.380 e. The van der Waals surface area contributed by atoms with E-state index in [2.05, 4.69) is 27.9 Å². The number of nitrogens with one attached hydrogen (secondary N) is 1. The van der Waals surface area contributed by atoms with Gasteiger partial charge < -0.3 is 5.32 Å². The Hall–Kier alpha value is -1.43. The van der Waals surface area contributed by atoms with Gasteiger partial charge in [0.25, 0.3) is 0 Å². The third kappa shape index (κ3) is 3.29. The molecule has 0 aliphatic carbocycles. The maximum atomic E-state index is 13.0. The lowest BCUT2D eigenvalue weighted by Gasteiger charge is -2.09. The molecule has 0 saturated heterocycles. The van der Waals surface area contributed by atoms with Gasteiger partial charge in [-0.05, 0) is 58.5 Å². The van der Waals surface area contributed by atoms with Crippen LogP contribution in [0.15, 0.2) is 42.5 Å². The summed E-state index contributed by atoms with van der Waals surface area (Å²) in [4.78, 5) is 0.